The minimum atomic E-state index is -0.553. The number of primary amides is 1. The molecule has 4 aromatic rings. The van der Waals surface area contributed by atoms with Crippen LogP contribution in [0.3, 0.4) is 0 Å². The van der Waals surface area contributed by atoms with Gasteiger partial charge in [-0.1, -0.05) is 6.07 Å². The molecule has 8 nitrogen and oxygen atoms in total. The number of aromatic hydroxyl groups is 1. The summed E-state index contributed by atoms with van der Waals surface area (Å²) in [6, 6.07) is 11.1. The summed E-state index contributed by atoms with van der Waals surface area (Å²) >= 11 is 0. The third kappa shape index (κ3) is 3.56. The Hall–Kier alpha value is -3.98. The SMILES string of the molecule is Cc1cc2c(C(N)=O)cccc2n1-c1nc2c(c(N(C)c3cc(O)cc(F)c3)n1)COCC2. The van der Waals surface area contributed by atoms with Crippen molar-refractivity contribution in [3.63, 3.8) is 0 Å². The highest BCUT2D eigenvalue weighted by atomic mass is 19.1. The van der Waals surface area contributed by atoms with Gasteiger partial charge in [-0.2, -0.15) is 4.98 Å². The van der Waals surface area contributed by atoms with E-state index in [9.17, 15) is 14.3 Å². The Kier molecular flexibility index (Phi) is 4.98. The summed E-state index contributed by atoms with van der Waals surface area (Å²) in [5.74, 6) is -0.267. The number of rotatable bonds is 4. The highest BCUT2D eigenvalue weighted by Gasteiger charge is 2.24. The number of carbonyl (C=O) groups excluding carboxylic acids is 1. The first-order chi connectivity index (χ1) is 15.8. The number of hydrogen-bond donors (Lipinski definition) is 2. The van der Waals surface area contributed by atoms with Crippen molar-refractivity contribution >= 4 is 28.3 Å². The fourth-order valence-electron chi connectivity index (χ4n) is 4.30. The molecule has 0 spiro atoms. The topological polar surface area (TPSA) is 107 Å². The van der Waals surface area contributed by atoms with Crippen molar-refractivity contribution in [2.45, 2.75) is 20.0 Å². The lowest BCUT2D eigenvalue weighted by Crippen LogP contribution is -2.22. The molecule has 1 aliphatic rings. The first-order valence-electron chi connectivity index (χ1n) is 10.5. The molecule has 0 bridgehead atoms. The number of anilines is 2. The number of ether oxygens (including phenoxy) is 1. The van der Waals surface area contributed by atoms with E-state index in [1.54, 1.807) is 24.1 Å². The van der Waals surface area contributed by atoms with Crippen molar-refractivity contribution in [1.82, 2.24) is 14.5 Å². The Bertz CT molecular complexity index is 1390. The van der Waals surface area contributed by atoms with Gasteiger partial charge in [-0.25, -0.2) is 9.37 Å². The summed E-state index contributed by atoms with van der Waals surface area (Å²) in [7, 11) is 1.75. The summed E-state index contributed by atoms with van der Waals surface area (Å²) in [6.07, 6.45) is 0.602. The summed E-state index contributed by atoms with van der Waals surface area (Å²) in [4.78, 5) is 23.3. The lowest BCUT2D eigenvalue weighted by molar-refractivity contribution is 0.100. The van der Waals surface area contributed by atoms with Crippen LogP contribution in [0.5, 0.6) is 5.75 Å². The van der Waals surface area contributed by atoms with E-state index in [0.717, 1.165) is 33.9 Å². The second-order valence-electron chi connectivity index (χ2n) is 8.03. The molecule has 0 fully saturated rings. The van der Waals surface area contributed by atoms with E-state index in [2.05, 4.69) is 0 Å². The molecule has 2 aromatic carbocycles. The van der Waals surface area contributed by atoms with E-state index >= 15 is 0 Å². The molecule has 9 heteroatoms. The van der Waals surface area contributed by atoms with Gasteiger partial charge < -0.3 is 20.5 Å². The number of benzene rings is 2. The molecular weight excluding hydrogens is 425 g/mol. The number of nitrogens with zero attached hydrogens (tertiary/aromatic N) is 4. The van der Waals surface area contributed by atoms with Crippen LogP contribution >= 0.6 is 0 Å². The Balaban J connectivity index is 1.73. The standard InChI is InChI=1S/C24H22FN5O3/c1-13-8-18-17(22(26)32)4-3-5-21(18)30(13)24-27-20-6-7-33-12-19(20)23(28-24)29(2)15-9-14(25)10-16(31)11-15/h3-5,8-11,31H,6-7,12H2,1-2H3,(H2,26,32). The van der Waals surface area contributed by atoms with E-state index in [4.69, 9.17) is 20.4 Å². The summed E-state index contributed by atoms with van der Waals surface area (Å²) < 4.78 is 21.5. The van der Waals surface area contributed by atoms with Gasteiger partial charge in [0.1, 0.15) is 17.4 Å². The van der Waals surface area contributed by atoms with Gasteiger partial charge in [0.25, 0.3) is 0 Å². The molecule has 1 amide bonds. The number of carbonyl (C=O) groups is 1. The van der Waals surface area contributed by atoms with Gasteiger partial charge in [0, 0.05) is 53.5 Å². The molecular formula is C24H22FN5O3. The summed E-state index contributed by atoms with van der Waals surface area (Å²) in [6.45, 7) is 2.77. The third-order valence-corrected chi connectivity index (χ3v) is 5.86. The van der Waals surface area contributed by atoms with Crippen molar-refractivity contribution < 1.29 is 19.0 Å². The first kappa shape index (κ1) is 20.9. The molecule has 3 N–H and O–H groups in total. The van der Waals surface area contributed by atoms with Crippen LogP contribution in [-0.4, -0.2) is 39.2 Å². The molecule has 0 unspecified atom stereocenters. The van der Waals surface area contributed by atoms with Crippen molar-refractivity contribution in [1.29, 1.82) is 0 Å². The van der Waals surface area contributed by atoms with Crippen LogP contribution < -0.4 is 10.6 Å². The lowest BCUT2D eigenvalue weighted by Gasteiger charge is -2.26. The van der Waals surface area contributed by atoms with Gasteiger partial charge in [-0.15, -0.1) is 0 Å². The van der Waals surface area contributed by atoms with Crippen LogP contribution in [0.2, 0.25) is 0 Å². The van der Waals surface area contributed by atoms with Gasteiger partial charge in [-0.05, 0) is 31.2 Å². The molecule has 0 radical (unpaired) electrons. The van der Waals surface area contributed by atoms with E-state index in [1.807, 2.05) is 23.6 Å². The molecule has 0 atom stereocenters. The second-order valence-corrected chi connectivity index (χ2v) is 8.03. The fourth-order valence-corrected chi connectivity index (χ4v) is 4.30. The van der Waals surface area contributed by atoms with E-state index in [-0.39, 0.29) is 5.75 Å². The van der Waals surface area contributed by atoms with Crippen LogP contribution in [-0.2, 0) is 17.8 Å². The molecule has 3 heterocycles. The minimum absolute atomic E-state index is 0.178. The minimum Gasteiger partial charge on any atom is -0.508 e. The zero-order chi connectivity index (χ0) is 23.3. The number of halogens is 1. The number of nitrogens with two attached hydrogens (primary N) is 1. The van der Waals surface area contributed by atoms with Gasteiger partial charge in [0.05, 0.1) is 24.4 Å². The highest BCUT2D eigenvalue weighted by molar-refractivity contribution is 6.06. The van der Waals surface area contributed by atoms with Crippen molar-refractivity contribution in [3.8, 4) is 11.7 Å². The monoisotopic (exact) mass is 447 g/mol. The average molecular weight is 447 g/mol. The smallest absolute Gasteiger partial charge is 0.249 e. The summed E-state index contributed by atoms with van der Waals surface area (Å²) in [5, 5.41) is 10.6. The number of aryl methyl sites for hydroxylation is 1. The third-order valence-electron chi connectivity index (χ3n) is 5.86. The van der Waals surface area contributed by atoms with Gasteiger partial charge >= 0.3 is 0 Å². The predicted molar refractivity (Wildman–Crippen MR) is 122 cm³/mol. The van der Waals surface area contributed by atoms with Crippen LogP contribution in [0, 0.1) is 12.7 Å². The number of amides is 1. The average Bonchev–Trinajstić information content (AvgIpc) is 3.12. The maximum absolute atomic E-state index is 14.0. The molecule has 1 aliphatic heterocycles. The second kappa shape index (κ2) is 7.86. The fraction of sp³-hybridized carbons (Fsp3) is 0.208. The van der Waals surface area contributed by atoms with Crippen LogP contribution in [0.15, 0.2) is 42.5 Å². The van der Waals surface area contributed by atoms with E-state index < -0.39 is 11.7 Å². The van der Waals surface area contributed by atoms with E-state index in [1.165, 1.54) is 12.1 Å². The van der Waals surface area contributed by atoms with Gasteiger partial charge in [0.2, 0.25) is 11.9 Å². The van der Waals surface area contributed by atoms with Gasteiger partial charge in [-0.3, -0.25) is 9.36 Å². The van der Waals surface area contributed by atoms with Crippen molar-refractivity contribution in [3.05, 3.63) is 70.8 Å². The molecule has 0 aliphatic carbocycles. The molecule has 0 saturated heterocycles. The zero-order valence-corrected chi connectivity index (χ0v) is 18.2. The van der Waals surface area contributed by atoms with Gasteiger partial charge in [0.15, 0.2) is 0 Å². The molecule has 33 heavy (non-hydrogen) atoms. The van der Waals surface area contributed by atoms with Crippen LogP contribution in [0.4, 0.5) is 15.9 Å². The molecule has 168 valence electrons. The number of phenols is 1. The largest absolute Gasteiger partial charge is 0.508 e. The Morgan fingerprint density at radius 1 is 1.24 bits per heavy atom. The number of fused-ring (bicyclic) bond motifs is 2. The Morgan fingerprint density at radius 3 is 2.82 bits per heavy atom. The predicted octanol–water partition coefficient (Wildman–Crippen LogP) is 3.51. The lowest BCUT2D eigenvalue weighted by atomic mass is 10.1. The Labute approximate surface area is 189 Å². The zero-order valence-electron chi connectivity index (χ0n) is 18.2. The van der Waals surface area contributed by atoms with Crippen LogP contribution in [0.25, 0.3) is 16.9 Å². The molecule has 2 aromatic heterocycles. The summed E-state index contributed by atoms with van der Waals surface area (Å²) in [5.41, 5.74) is 9.67. The quantitative estimate of drug-likeness (QED) is 0.496. The van der Waals surface area contributed by atoms with Crippen LogP contribution in [0.1, 0.15) is 27.3 Å². The number of hydrogen-bond acceptors (Lipinski definition) is 6. The molecule has 5 rings (SSSR count). The number of aromatic nitrogens is 3. The normalized spacial score (nSPS) is 13.2. The Morgan fingerprint density at radius 2 is 2.06 bits per heavy atom. The van der Waals surface area contributed by atoms with Crippen molar-refractivity contribution in [2.75, 3.05) is 18.6 Å². The number of phenolic OH excluding ortho intramolecular Hbond substituents is 1. The first-order valence-corrected chi connectivity index (χ1v) is 10.5. The van der Waals surface area contributed by atoms with Crippen molar-refractivity contribution in [2.24, 2.45) is 5.73 Å². The maximum atomic E-state index is 14.0. The maximum Gasteiger partial charge on any atom is 0.249 e. The molecule has 0 saturated carbocycles. The van der Waals surface area contributed by atoms with E-state index in [0.29, 0.717) is 42.7 Å². The highest BCUT2D eigenvalue weighted by Crippen LogP contribution is 2.34.